The van der Waals surface area contributed by atoms with Crippen LogP contribution in [0.5, 0.6) is 23.0 Å². The van der Waals surface area contributed by atoms with Crippen LogP contribution in [0.4, 0.5) is 0 Å². The first kappa shape index (κ1) is 40.7. The van der Waals surface area contributed by atoms with Crippen LogP contribution in [0.15, 0.2) is 249 Å². The Morgan fingerprint density at radius 3 is 1.09 bits per heavy atom. The number of para-hydroxylation sites is 4. The fraction of sp³-hybridized carbons (Fsp3) is 0. The zero-order chi connectivity index (χ0) is 48.9. The first-order valence-corrected chi connectivity index (χ1v) is 25.9. The van der Waals surface area contributed by atoms with Crippen molar-refractivity contribution < 1.29 is 9.47 Å². The summed E-state index contributed by atoms with van der Waals surface area (Å²) in [6.45, 7) is -0.272. The predicted molar refractivity (Wildman–Crippen MR) is 314 cm³/mol. The highest BCUT2D eigenvalue weighted by Gasteiger charge is 2.45. The van der Waals surface area contributed by atoms with Crippen LogP contribution in [0.3, 0.4) is 0 Å². The van der Waals surface area contributed by atoms with Crippen LogP contribution >= 0.6 is 0 Å². The molecule has 4 heterocycles. The number of benzene rings is 13. The molecule has 0 saturated carbocycles. The van der Waals surface area contributed by atoms with Crippen molar-refractivity contribution in [2.75, 3.05) is 0 Å². The molecule has 13 aromatic carbocycles. The van der Waals surface area contributed by atoms with Gasteiger partial charge in [-0.05, 0) is 132 Å². The number of aromatic nitrogens is 2. The maximum absolute atomic E-state index is 7.93. The summed E-state index contributed by atoms with van der Waals surface area (Å²) in [6, 6.07) is 90.8. The van der Waals surface area contributed by atoms with Crippen molar-refractivity contribution in [3.8, 4) is 56.6 Å². The van der Waals surface area contributed by atoms with Crippen molar-refractivity contribution in [2.45, 2.75) is 0 Å². The van der Waals surface area contributed by atoms with E-state index >= 15 is 0 Å². The predicted octanol–water partition coefficient (Wildman–Crippen LogP) is 16.6. The van der Waals surface area contributed by atoms with E-state index in [2.05, 4.69) is 258 Å². The zero-order valence-corrected chi connectivity index (χ0v) is 40.5. The Morgan fingerprint density at radius 1 is 0.267 bits per heavy atom. The summed E-state index contributed by atoms with van der Waals surface area (Å²) in [7, 11) is 0. The van der Waals surface area contributed by atoms with Crippen molar-refractivity contribution in [1.29, 1.82) is 0 Å². The lowest BCUT2D eigenvalue weighted by molar-refractivity contribution is 0.472. The van der Waals surface area contributed by atoms with Crippen LogP contribution in [0, 0.1) is 0 Å². The van der Waals surface area contributed by atoms with Gasteiger partial charge in [0.2, 0.25) is 0 Å². The average molecular weight is 953 g/mol. The number of rotatable bonds is 4. The monoisotopic (exact) mass is 952 g/mol. The molecule has 15 aromatic rings. The van der Waals surface area contributed by atoms with Crippen LogP contribution in [-0.4, -0.2) is 15.8 Å². The summed E-state index contributed by atoms with van der Waals surface area (Å²) < 4.78 is 20.6. The van der Waals surface area contributed by atoms with E-state index in [1.54, 1.807) is 0 Å². The fourth-order valence-electron chi connectivity index (χ4n) is 13.3. The van der Waals surface area contributed by atoms with Crippen molar-refractivity contribution in [2.24, 2.45) is 0 Å². The van der Waals surface area contributed by atoms with Crippen molar-refractivity contribution in [3.05, 3.63) is 249 Å². The van der Waals surface area contributed by atoms with Gasteiger partial charge in [-0.3, -0.25) is 0 Å². The lowest BCUT2D eigenvalue weighted by atomic mass is 9.34. The van der Waals surface area contributed by atoms with Crippen LogP contribution in [0.1, 0.15) is 0 Å². The largest absolute Gasteiger partial charge is 0.457 e. The number of ether oxygens (including phenoxy) is 2. The molecule has 4 nitrogen and oxygen atoms in total. The third kappa shape index (κ3) is 5.61. The molecule has 0 atom stereocenters. The lowest BCUT2D eigenvalue weighted by Gasteiger charge is -2.36. The molecular formula is C70H41BN2O2. The van der Waals surface area contributed by atoms with E-state index in [1.165, 1.54) is 43.1 Å². The fourth-order valence-corrected chi connectivity index (χ4v) is 13.3. The van der Waals surface area contributed by atoms with Crippen LogP contribution in [0.25, 0.3) is 120 Å². The Hall–Kier alpha value is -9.84. The highest BCUT2D eigenvalue weighted by molar-refractivity contribution is 6.99. The lowest BCUT2D eigenvalue weighted by Crippen LogP contribution is -2.57. The Kier molecular flexibility index (Phi) is 8.33. The Bertz CT molecular complexity index is 4650. The second-order valence-electron chi connectivity index (χ2n) is 20.2. The second-order valence-corrected chi connectivity index (χ2v) is 20.2. The van der Waals surface area contributed by atoms with Gasteiger partial charge >= 0.3 is 0 Å². The summed E-state index contributed by atoms with van der Waals surface area (Å²) in [5, 5.41) is 14.0. The van der Waals surface area contributed by atoms with E-state index in [0.29, 0.717) is 0 Å². The van der Waals surface area contributed by atoms with Gasteiger partial charge in [0, 0.05) is 38.7 Å². The SMILES string of the molecule is c1ccc(-n2c3ccccc3c3c4c(ccc32)B2c3ccc5c(c3Oc3c(-c6cc7ccccc7c7ccccc67)cc(-c6cc7ccccc7c7ccccc67)c(c32)O4)c2ccccc2n5-c2ccccc2)cc1. The van der Waals surface area contributed by atoms with E-state index in [9.17, 15) is 0 Å². The van der Waals surface area contributed by atoms with Gasteiger partial charge in [0.1, 0.15) is 23.0 Å². The molecule has 0 unspecified atom stereocenters. The van der Waals surface area contributed by atoms with Gasteiger partial charge < -0.3 is 18.6 Å². The maximum atomic E-state index is 7.93. The average Bonchev–Trinajstić information content (AvgIpc) is 4.03. The standard InChI is InChI=1S/C70H41BN2O2/c1-3-21-44(22-4-1)72-60-33-17-15-31-52(60)64-62(72)37-35-58-69(64)74-67-56(54-39-42-19-7-9-25-46(42)48-27-11-13-29-50(48)54)41-57(55-40-43-20-8-10-26-47(43)49-28-12-14-30-51(49)55)68-66(67)71(58)59-36-38-63-65(70(59)75-68)53-32-16-18-34-61(53)73(63)45-23-5-2-6-24-45/h1-41H. The zero-order valence-electron chi connectivity index (χ0n) is 40.5. The number of hydrogen-bond donors (Lipinski definition) is 0. The molecule has 0 saturated heterocycles. The van der Waals surface area contributed by atoms with Crippen LogP contribution in [-0.2, 0) is 0 Å². The molecule has 2 aliphatic heterocycles. The smallest absolute Gasteiger partial charge is 0.260 e. The summed E-state index contributed by atoms with van der Waals surface area (Å²) in [5.41, 5.74) is 14.2. The molecule has 0 amide bonds. The molecule has 0 bridgehead atoms. The second kappa shape index (κ2) is 15.3. The van der Waals surface area contributed by atoms with Crippen LogP contribution < -0.4 is 25.9 Å². The first-order valence-electron chi connectivity index (χ1n) is 25.9. The number of nitrogens with zero attached hydrogens (tertiary/aromatic N) is 2. The molecule has 0 N–H and O–H groups in total. The summed E-state index contributed by atoms with van der Waals surface area (Å²) in [4.78, 5) is 0. The molecule has 2 aromatic heterocycles. The third-order valence-corrected chi connectivity index (χ3v) is 16.4. The molecule has 0 aliphatic carbocycles. The minimum atomic E-state index is -0.272. The maximum Gasteiger partial charge on any atom is 0.260 e. The van der Waals surface area contributed by atoms with Gasteiger partial charge in [0.25, 0.3) is 6.71 Å². The van der Waals surface area contributed by atoms with Gasteiger partial charge in [-0.1, -0.05) is 182 Å². The topological polar surface area (TPSA) is 28.3 Å². The van der Waals surface area contributed by atoms with E-state index < -0.39 is 0 Å². The van der Waals surface area contributed by atoms with Crippen LogP contribution in [0.2, 0.25) is 0 Å². The van der Waals surface area contributed by atoms with Crippen molar-refractivity contribution in [1.82, 2.24) is 9.13 Å². The third-order valence-electron chi connectivity index (χ3n) is 16.4. The molecular weight excluding hydrogens is 912 g/mol. The quantitative estimate of drug-likeness (QED) is 0.130. The van der Waals surface area contributed by atoms with Gasteiger partial charge in [0.15, 0.2) is 0 Å². The first-order chi connectivity index (χ1) is 37.2. The number of hydrogen-bond acceptors (Lipinski definition) is 2. The summed E-state index contributed by atoms with van der Waals surface area (Å²) in [6.07, 6.45) is 0. The van der Waals surface area contributed by atoms with Gasteiger partial charge in [-0.25, -0.2) is 0 Å². The molecule has 0 radical (unpaired) electrons. The highest BCUT2D eigenvalue weighted by atomic mass is 16.5. The van der Waals surface area contributed by atoms with Crippen molar-refractivity contribution >= 4 is 110 Å². The molecule has 2 aliphatic rings. The molecule has 0 fully saturated rings. The molecule has 0 spiro atoms. The minimum absolute atomic E-state index is 0.272. The molecule has 346 valence electrons. The normalized spacial score (nSPS) is 12.7. The molecule has 17 rings (SSSR count). The molecule has 75 heavy (non-hydrogen) atoms. The van der Waals surface area contributed by atoms with Gasteiger partial charge in [-0.2, -0.15) is 0 Å². The van der Waals surface area contributed by atoms with E-state index in [1.807, 2.05) is 0 Å². The van der Waals surface area contributed by atoms with E-state index in [0.717, 1.165) is 117 Å². The Balaban J connectivity index is 1.06. The van der Waals surface area contributed by atoms with Gasteiger partial charge in [-0.15, -0.1) is 0 Å². The highest BCUT2D eigenvalue weighted by Crippen LogP contribution is 2.53. The molecule has 5 heteroatoms. The van der Waals surface area contributed by atoms with E-state index in [4.69, 9.17) is 9.47 Å². The minimum Gasteiger partial charge on any atom is -0.457 e. The van der Waals surface area contributed by atoms with E-state index in [-0.39, 0.29) is 6.71 Å². The Labute approximate surface area is 431 Å². The summed E-state index contributed by atoms with van der Waals surface area (Å²) in [5.74, 6) is 3.38. The van der Waals surface area contributed by atoms with Gasteiger partial charge in [0.05, 0.1) is 32.8 Å². The number of fused-ring (bicyclic) bond motifs is 18. The van der Waals surface area contributed by atoms with Crippen molar-refractivity contribution in [3.63, 3.8) is 0 Å². The Morgan fingerprint density at radius 2 is 0.640 bits per heavy atom. The summed E-state index contributed by atoms with van der Waals surface area (Å²) >= 11 is 0.